The Balaban J connectivity index is 1.83. The molecule has 5 heteroatoms. The quantitative estimate of drug-likeness (QED) is 0.688. The summed E-state index contributed by atoms with van der Waals surface area (Å²) < 4.78 is 5.14. The summed E-state index contributed by atoms with van der Waals surface area (Å²) in [5, 5.41) is 0.632. The van der Waals surface area contributed by atoms with E-state index < -0.39 is 12.1 Å². The highest BCUT2D eigenvalue weighted by molar-refractivity contribution is 6.30. The first-order valence-corrected chi connectivity index (χ1v) is 8.80. The molecule has 1 heterocycles. The topological polar surface area (TPSA) is 46.6 Å². The van der Waals surface area contributed by atoms with Gasteiger partial charge in [0.2, 0.25) is 5.91 Å². The van der Waals surface area contributed by atoms with Gasteiger partial charge in [0.15, 0.2) is 0 Å². The van der Waals surface area contributed by atoms with Crippen LogP contribution in [0.25, 0.3) is 0 Å². The van der Waals surface area contributed by atoms with Crippen molar-refractivity contribution in [2.75, 3.05) is 6.61 Å². The molecule has 2 aromatic rings. The van der Waals surface area contributed by atoms with Crippen LogP contribution >= 0.6 is 11.6 Å². The molecule has 1 fully saturated rings. The van der Waals surface area contributed by atoms with Gasteiger partial charge in [0.05, 0.1) is 0 Å². The first-order valence-electron chi connectivity index (χ1n) is 8.42. The van der Waals surface area contributed by atoms with Crippen LogP contribution in [0.15, 0.2) is 66.7 Å². The van der Waals surface area contributed by atoms with Crippen molar-refractivity contribution < 1.29 is 14.3 Å². The number of carbonyl (C=O) groups excluding carboxylic acids is 2. The summed E-state index contributed by atoms with van der Waals surface area (Å²) in [5.74, 6) is -0.464. The summed E-state index contributed by atoms with van der Waals surface area (Å²) in [4.78, 5) is 26.4. The molecule has 0 radical (unpaired) electrons. The fraction of sp³-hybridized carbons (Fsp3) is 0.238. The number of imide groups is 1. The molecule has 1 saturated heterocycles. The van der Waals surface area contributed by atoms with E-state index in [4.69, 9.17) is 16.3 Å². The Bertz CT molecular complexity index is 817. The van der Waals surface area contributed by atoms with Crippen LogP contribution in [0.5, 0.6) is 0 Å². The predicted octanol–water partition coefficient (Wildman–Crippen LogP) is 5.11. The number of amides is 2. The summed E-state index contributed by atoms with van der Waals surface area (Å²) in [6, 6.07) is 16.4. The fourth-order valence-corrected chi connectivity index (χ4v) is 3.29. The Morgan fingerprint density at radius 3 is 2.50 bits per heavy atom. The number of benzene rings is 2. The average molecular weight is 370 g/mol. The zero-order valence-electron chi connectivity index (χ0n) is 14.5. The van der Waals surface area contributed by atoms with Crippen molar-refractivity contribution in [1.29, 1.82) is 0 Å². The van der Waals surface area contributed by atoms with E-state index in [0.29, 0.717) is 5.02 Å². The molecule has 0 saturated carbocycles. The van der Waals surface area contributed by atoms with E-state index >= 15 is 0 Å². The third kappa shape index (κ3) is 3.81. The Morgan fingerprint density at radius 2 is 1.88 bits per heavy atom. The van der Waals surface area contributed by atoms with Crippen molar-refractivity contribution in [3.63, 3.8) is 0 Å². The lowest BCUT2D eigenvalue weighted by Crippen LogP contribution is -2.35. The standard InChI is InChI=1S/C21H20ClNO3/c1-14(2)18(15-8-10-17(22)11-9-15)12-20(24)23-19(13-26-21(23)25)16-6-4-3-5-7-16/h3-11,18-19H,1,12-13H2,2H3/t18-,19-/m1/s1. The van der Waals surface area contributed by atoms with E-state index in [-0.39, 0.29) is 24.9 Å². The van der Waals surface area contributed by atoms with Crippen LogP contribution < -0.4 is 0 Å². The summed E-state index contributed by atoms with van der Waals surface area (Å²) in [7, 11) is 0. The van der Waals surface area contributed by atoms with Gasteiger partial charge in [-0.1, -0.05) is 66.2 Å². The smallest absolute Gasteiger partial charge is 0.417 e. The molecule has 1 aliphatic heterocycles. The van der Waals surface area contributed by atoms with E-state index in [9.17, 15) is 9.59 Å². The summed E-state index contributed by atoms with van der Waals surface area (Å²) in [6.07, 6.45) is -0.449. The lowest BCUT2D eigenvalue weighted by atomic mass is 9.89. The van der Waals surface area contributed by atoms with Crippen LogP contribution in [0, 0.1) is 0 Å². The zero-order valence-corrected chi connectivity index (χ0v) is 15.3. The van der Waals surface area contributed by atoms with Gasteiger partial charge in [0, 0.05) is 17.4 Å². The number of allylic oxidation sites excluding steroid dienone is 1. The van der Waals surface area contributed by atoms with Crippen LogP contribution in [0.2, 0.25) is 5.02 Å². The van der Waals surface area contributed by atoms with Gasteiger partial charge in [-0.05, 0) is 30.2 Å². The molecule has 1 aliphatic rings. The summed E-state index contributed by atoms with van der Waals surface area (Å²) >= 11 is 5.95. The van der Waals surface area contributed by atoms with E-state index in [1.54, 1.807) is 12.1 Å². The Morgan fingerprint density at radius 1 is 1.23 bits per heavy atom. The van der Waals surface area contributed by atoms with Crippen molar-refractivity contribution in [1.82, 2.24) is 4.90 Å². The van der Waals surface area contributed by atoms with E-state index in [0.717, 1.165) is 16.7 Å². The second-order valence-corrected chi connectivity index (χ2v) is 6.86. The minimum absolute atomic E-state index is 0.148. The maximum absolute atomic E-state index is 13.0. The van der Waals surface area contributed by atoms with Gasteiger partial charge in [-0.3, -0.25) is 4.79 Å². The first kappa shape index (κ1) is 18.2. The number of carbonyl (C=O) groups is 2. The molecule has 2 amide bonds. The number of halogens is 1. The van der Waals surface area contributed by atoms with Gasteiger partial charge in [-0.15, -0.1) is 0 Å². The second-order valence-electron chi connectivity index (χ2n) is 6.42. The summed E-state index contributed by atoms with van der Waals surface area (Å²) in [6.45, 7) is 6.06. The van der Waals surface area contributed by atoms with Crippen molar-refractivity contribution in [3.8, 4) is 0 Å². The van der Waals surface area contributed by atoms with Crippen LogP contribution in [0.1, 0.15) is 36.4 Å². The Kier molecular flexibility index (Phi) is 5.43. The minimum atomic E-state index is -0.597. The minimum Gasteiger partial charge on any atom is -0.446 e. The number of nitrogens with zero attached hydrogens (tertiary/aromatic N) is 1. The SMILES string of the molecule is C=C(C)[C@@H](CC(=O)N1C(=O)OC[C@@H]1c1ccccc1)c1ccc(Cl)cc1. The molecular weight excluding hydrogens is 350 g/mol. The molecule has 0 aromatic heterocycles. The highest BCUT2D eigenvalue weighted by Gasteiger charge is 2.39. The van der Waals surface area contributed by atoms with Gasteiger partial charge in [0.25, 0.3) is 0 Å². The molecule has 4 nitrogen and oxygen atoms in total. The molecule has 0 unspecified atom stereocenters. The molecule has 0 bridgehead atoms. The van der Waals surface area contributed by atoms with Crippen LogP contribution in [-0.2, 0) is 9.53 Å². The van der Waals surface area contributed by atoms with Crippen molar-refractivity contribution in [2.45, 2.75) is 25.3 Å². The van der Waals surface area contributed by atoms with Gasteiger partial charge in [0.1, 0.15) is 12.6 Å². The molecule has 2 aromatic carbocycles. The molecule has 0 aliphatic carbocycles. The molecule has 26 heavy (non-hydrogen) atoms. The maximum Gasteiger partial charge on any atom is 0.417 e. The largest absolute Gasteiger partial charge is 0.446 e. The van der Waals surface area contributed by atoms with Crippen molar-refractivity contribution in [3.05, 3.63) is 82.9 Å². The van der Waals surface area contributed by atoms with E-state index in [1.165, 1.54) is 4.90 Å². The third-order valence-electron chi connectivity index (χ3n) is 4.57. The molecule has 0 N–H and O–H groups in total. The lowest BCUT2D eigenvalue weighted by molar-refractivity contribution is -0.129. The number of hydrogen-bond acceptors (Lipinski definition) is 3. The van der Waals surface area contributed by atoms with Crippen molar-refractivity contribution >= 4 is 23.6 Å². The Hall–Kier alpha value is -2.59. The number of ether oxygens (including phenoxy) is 1. The normalized spacial score (nSPS) is 17.7. The molecule has 3 rings (SSSR count). The molecule has 2 atom stereocenters. The van der Waals surface area contributed by atoms with Gasteiger partial charge >= 0.3 is 6.09 Å². The van der Waals surface area contributed by atoms with Gasteiger partial charge < -0.3 is 4.74 Å². The monoisotopic (exact) mass is 369 g/mol. The molecule has 0 spiro atoms. The Labute approximate surface area is 158 Å². The maximum atomic E-state index is 13.0. The van der Waals surface area contributed by atoms with E-state index in [2.05, 4.69) is 6.58 Å². The van der Waals surface area contributed by atoms with Gasteiger partial charge in [-0.25, -0.2) is 9.69 Å². The number of rotatable bonds is 5. The number of hydrogen-bond donors (Lipinski definition) is 0. The molecular formula is C21H20ClNO3. The van der Waals surface area contributed by atoms with Crippen LogP contribution in [0.4, 0.5) is 4.79 Å². The summed E-state index contributed by atoms with van der Waals surface area (Å²) in [5.41, 5.74) is 2.67. The second kappa shape index (κ2) is 7.75. The fourth-order valence-electron chi connectivity index (χ4n) is 3.16. The van der Waals surface area contributed by atoms with Crippen LogP contribution in [-0.4, -0.2) is 23.5 Å². The molecule has 134 valence electrons. The van der Waals surface area contributed by atoms with Crippen LogP contribution in [0.3, 0.4) is 0 Å². The average Bonchev–Trinajstić information content (AvgIpc) is 3.02. The number of cyclic esters (lactones) is 1. The lowest BCUT2D eigenvalue weighted by Gasteiger charge is -2.23. The van der Waals surface area contributed by atoms with Gasteiger partial charge in [-0.2, -0.15) is 0 Å². The van der Waals surface area contributed by atoms with Crippen molar-refractivity contribution in [2.24, 2.45) is 0 Å². The third-order valence-corrected chi connectivity index (χ3v) is 4.82. The van der Waals surface area contributed by atoms with E-state index in [1.807, 2.05) is 49.4 Å². The highest BCUT2D eigenvalue weighted by atomic mass is 35.5. The zero-order chi connectivity index (χ0) is 18.7. The first-order chi connectivity index (χ1) is 12.5. The highest BCUT2D eigenvalue weighted by Crippen LogP contribution is 2.33. The predicted molar refractivity (Wildman–Crippen MR) is 101 cm³/mol.